The molecule has 0 unspecified atom stereocenters. The van der Waals surface area contributed by atoms with Gasteiger partial charge in [-0.3, -0.25) is 4.90 Å². The Labute approximate surface area is 139 Å². The quantitative estimate of drug-likeness (QED) is 0.845. The van der Waals surface area contributed by atoms with E-state index in [1.807, 2.05) is 0 Å². The third kappa shape index (κ3) is 3.28. The molecule has 120 valence electrons. The molecule has 0 N–H and O–H groups in total. The minimum atomic E-state index is 0.811. The first-order valence-corrected chi connectivity index (χ1v) is 8.89. The fourth-order valence-corrected chi connectivity index (χ4v) is 3.98. The Morgan fingerprint density at radius 1 is 0.870 bits per heavy atom. The summed E-state index contributed by atoms with van der Waals surface area (Å²) in [5.74, 6) is 1.69. The van der Waals surface area contributed by atoms with E-state index in [-0.39, 0.29) is 0 Å². The van der Waals surface area contributed by atoms with E-state index in [1.54, 1.807) is 0 Å². The molecule has 0 spiro atoms. The number of benzene rings is 2. The first kappa shape index (κ1) is 14.8. The summed E-state index contributed by atoms with van der Waals surface area (Å²) in [6, 6.07) is 19.8. The summed E-state index contributed by atoms with van der Waals surface area (Å²) in [6.45, 7) is 8.22. The van der Waals surface area contributed by atoms with Crippen LogP contribution in [0.25, 0.3) is 0 Å². The van der Waals surface area contributed by atoms with Crippen LogP contribution in [-0.2, 0) is 0 Å². The van der Waals surface area contributed by atoms with E-state index >= 15 is 0 Å². The average molecular weight is 306 g/mol. The average Bonchev–Trinajstić information content (AvgIpc) is 3.36. The van der Waals surface area contributed by atoms with E-state index in [1.165, 1.54) is 42.9 Å². The number of piperazine rings is 1. The van der Waals surface area contributed by atoms with Crippen LogP contribution in [0.5, 0.6) is 0 Å². The van der Waals surface area contributed by atoms with Crippen molar-refractivity contribution in [3.05, 3.63) is 65.7 Å². The molecule has 4 rings (SSSR count). The van der Waals surface area contributed by atoms with Gasteiger partial charge in [-0.15, -0.1) is 0 Å². The second-order valence-electron chi connectivity index (χ2n) is 7.09. The number of para-hydroxylation sites is 1. The molecule has 1 heterocycles. The molecule has 0 aromatic heterocycles. The van der Waals surface area contributed by atoms with Gasteiger partial charge in [0.1, 0.15) is 0 Å². The van der Waals surface area contributed by atoms with Crippen molar-refractivity contribution in [2.75, 3.05) is 37.6 Å². The molecule has 2 nitrogen and oxygen atoms in total. The van der Waals surface area contributed by atoms with Crippen LogP contribution < -0.4 is 4.90 Å². The maximum absolute atomic E-state index is 2.67. The second-order valence-corrected chi connectivity index (χ2v) is 7.09. The Morgan fingerprint density at radius 2 is 1.57 bits per heavy atom. The molecule has 1 saturated carbocycles. The number of aryl methyl sites for hydroxylation is 1. The third-order valence-electron chi connectivity index (χ3n) is 5.47. The largest absolute Gasteiger partial charge is 0.369 e. The number of anilines is 1. The van der Waals surface area contributed by atoms with Crippen molar-refractivity contribution in [2.24, 2.45) is 5.92 Å². The number of hydrogen-bond acceptors (Lipinski definition) is 2. The Kier molecular flexibility index (Phi) is 4.09. The van der Waals surface area contributed by atoms with E-state index in [2.05, 4.69) is 71.3 Å². The molecule has 2 aromatic rings. The van der Waals surface area contributed by atoms with E-state index < -0.39 is 0 Å². The summed E-state index contributed by atoms with van der Waals surface area (Å²) >= 11 is 0. The van der Waals surface area contributed by atoms with Gasteiger partial charge in [-0.25, -0.2) is 0 Å². The van der Waals surface area contributed by atoms with Crippen molar-refractivity contribution >= 4 is 5.69 Å². The molecule has 0 radical (unpaired) electrons. The zero-order chi connectivity index (χ0) is 15.6. The number of rotatable bonds is 4. The molecule has 0 bridgehead atoms. The van der Waals surface area contributed by atoms with Gasteiger partial charge in [-0.1, -0.05) is 48.5 Å². The minimum Gasteiger partial charge on any atom is -0.369 e. The molecule has 1 aliphatic carbocycles. The smallest absolute Gasteiger partial charge is 0.0396 e. The Bertz CT molecular complexity index is 644. The van der Waals surface area contributed by atoms with Gasteiger partial charge in [-0.05, 0) is 42.4 Å². The van der Waals surface area contributed by atoms with Crippen LogP contribution in [0.4, 0.5) is 5.69 Å². The molecule has 1 saturated heterocycles. The van der Waals surface area contributed by atoms with Crippen LogP contribution in [0.2, 0.25) is 0 Å². The van der Waals surface area contributed by atoms with Gasteiger partial charge >= 0.3 is 0 Å². The molecule has 1 aliphatic heterocycles. The SMILES string of the molecule is Cc1ccccc1N1CCN(C[C@@H]2C[C@H]2c2ccccc2)CC1. The zero-order valence-corrected chi connectivity index (χ0v) is 14.0. The Morgan fingerprint density at radius 3 is 2.30 bits per heavy atom. The third-order valence-corrected chi connectivity index (χ3v) is 5.47. The van der Waals surface area contributed by atoms with Crippen LogP contribution in [0, 0.1) is 12.8 Å². The monoisotopic (exact) mass is 306 g/mol. The standard InChI is InChI=1S/C21H26N2/c1-17-7-5-6-10-21(17)23-13-11-22(12-14-23)16-19-15-20(19)18-8-3-2-4-9-18/h2-10,19-20H,11-16H2,1H3/t19-,20-/m0/s1. The summed E-state index contributed by atoms with van der Waals surface area (Å²) in [4.78, 5) is 5.22. The molecule has 2 atom stereocenters. The maximum atomic E-state index is 2.67. The van der Waals surface area contributed by atoms with Crippen molar-refractivity contribution in [1.29, 1.82) is 0 Å². The highest BCUT2D eigenvalue weighted by atomic mass is 15.3. The lowest BCUT2D eigenvalue weighted by atomic mass is 10.1. The lowest BCUT2D eigenvalue weighted by molar-refractivity contribution is 0.246. The van der Waals surface area contributed by atoms with E-state index in [0.29, 0.717) is 0 Å². The summed E-state index contributed by atoms with van der Waals surface area (Å²) < 4.78 is 0. The first-order chi connectivity index (χ1) is 11.3. The Hall–Kier alpha value is -1.80. The normalized spacial score (nSPS) is 24.7. The van der Waals surface area contributed by atoms with Gasteiger partial charge in [0.2, 0.25) is 0 Å². The topological polar surface area (TPSA) is 6.48 Å². The molecular formula is C21H26N2. The van der Waals surface area contributed by atoms with E-state index in [9.17, 15) is 0 Å². The van der Waals surface area contributed by atoms with Crippen molar-refractivity contribution in [1.82, 2.24) is 4.90 Å². The summed E-state index contributed by atoms with van der Waals surface area (Å²) in [7, 11) is 0. The molecule has 0 amide bonds. The second kappa shape index (κ2) is 6.37. The molecular weight excluding hydrogens is 280 g/mol. The van der Waals surface area contributed by atoms with Crippen LogP contribution in [-0.4, -0.2) is 37.6 Å². The van der Waals surface area contributed by atoms with Gasteiger partial charge in [0.15, 0.2) is 0 Å². The Balaban J connectivity index is 1.29. The minimum absolute atomic E-state index is 0.811. The van der Waals surface area contributed by atoms with Gasteiger partial charge in [0, 0.05) is 38.4 Å². The highest BCUT2D eigenvalue weighted by Gasteiger charge is 2.39. The van der Waals surface area contributed by atoms with E-state index in [4.69, 9.17) is 0 Å². The van der Waals surface area contributed by atoms with Crippen molar-refractivity contribution in [3.63, 3.8) is 0 Å². The summed E-state index contributed by atoms with van der Waals surface area (Å²) in [5, 5.41) is 0. The molecule has 2 aliphatic rings. The van der Waals surface area contributed by atoms with Crippen LogP contribution in [0.15, 0.2) is 54.6 Å². The van der Waals surface area contributed by atoms with Crippen LogP contribution in [0.1, 0.15) is 23.5 Å². The molecule has 2 fully saturated rings. The number of nitrogens with zero attached hydrogens (tertiary/aromatic N) is 2. The lowest BCUT2D eigenvalue weighted by Gasteiger charge is -2.37. The van der Waals surface area contributed by atoms with Crippen molar-refractivity contribution in [3.8, 4) is 0 Å². The van der Waals surface area contributed by atoms with Gasteiger partial charge < -0.3 is 4.90 Å². The molecule has 2 aromatic carbocycles. The molecule has 2 heteroatoms. The van der Waals surface area contributed by atoms with Gasteiger partial charge in [-0.2, -0.15) is 0 Å². The molecule has 23 heavy (non-hydrogen) atoms. The van der Waals surface area contributed by atoms with Crippen molar-refractivity contribution < 1.29 is 0 Å². The fourth-order valence-electron chi connectivity index (χ4n) is 3.98. The van der Waals surface area contributed by atoms with Crippen LogP contribution >= 0.6 is 0 Å². The van der Waals surface area contributed by atoms with Gasteiger partial charge in [0.25, 0.3) is 0 Å². The highest BCUT2D eigenvalue weighted by molar-refractivity contribution is 5.53. The zero-order valence-electron chi connectivity index (χ0n) is 14.0. The highest BCUT2D eigenvalue weighted by Crippen LogP contribution is 2.47. The van der Waals surface area contributed by atoms with Gasteiger partial charge in [0.05, 0.1) is 0 Å². The lowest BCUT2D eigenvalue weighted by Crippen LogP contribution is -2.47. The fraction of sp³-hybridized carbons (Fsp3) is 0.429. The van der Waals surface area contributed by atoms with Crippen LogP contribution in [0.3, 0.4) is 0 Å². The number of hydrogen-bond donors (Lipinski definition) is 0. The van der Waals surface area contributed by atoms with Crippen molar-refractivity contribution in [2.45, 2.75) is 19.3 Å². The first-order valence-electron chi connectivity index (χ1n) is 8.89. The summed E-state index contributed by atoms with van der Waals surface area (Å²) in [6.07, 6.45) is 1.38. The predicted molar refractivity (Wildman–Crippen MR) is 97.1 cm³/mol. The summed E-state index contributed by atoms with van der Waals surface area (Å²) in [5.41, 5.74) is 4.35. The van der Waals surface area contributed by atoms with E-state index in [0.717, 1.165) is 24.9 Å². The maximum Gasteiger partial charge on any atom is 0.0396 e. The predicted octanol–water partition coefficient (Wildman–Crippen LogP) is 3.92.